The van der Waals surface area contributed by atoms with Gasteiger partial charge in [0, 0.05) is 46.0 Å². The normalized spacial score (nSPS) is 12.0. The molecule has 3 aromatic carbocycles. The highest BCUT2D eigenvalue weighted by Crippen LogP contribution is 2.49. The number of fused-ring (bicyclic) bond motifs is 1. The number of nitrogen functional groups attached to an aromatic ring is 1. The molecule has 4 N–H and O–H groups in total. The lowest BCUT2D eigenvalue weighted by Gasteiger charge is -2.21. The van der Waals surface area contributed by atoms with Gasteiger partial charge in [-0.3, -0.25) is 4.79 Å². The summed E-state index contributed by atoms with van der Waals surface area (Å²) < 4.78 is 17.1. The molecule has 0 aliphatic carbocycles. The molecule has 0 unspecified atom stereocenters. The Hall–Kier alpha value is -4.17. The van der Waals surface area contributed by atoms with Crippen molar-refractivity contribution >= 4 is 28.6 Å². The summed E-state index contributed by atoms with van der Waals surface area (Å²) in [5, 5.41) is 8.43. The van der Waals surface area contributed by atoms with Crippen LogP contribution in [0.4, 0.5) is 11.4 Å². The number of hydrogen-bond acceptors (Lipinski definition) is 7. The van der Waals surface area contributed by atoms with E-state index in [1.807, 2.05) is 53.9 Å². The van der Waals surface area contributed by atoms with Gasteiger partial charge >= 0.3 is 0 Å². The van der Waals surface area contributed by atoms with Crippen LogP contribution in [0.1, 0.15) is 21.5 Å². The Labute approximate surface area is 220 Å². The van der Waals surface area contributed by atoms with Crippen molar-refractivity contribution in [1.29, 1.82) is 0 Å². The van der Waals surface area contributed by atoms with Crippen LogP contribution >= 0.6 is 11.3 Å². The lowest BCUT2D eigenvalue weighted by molar-refractivity contribution is 0.0951. The Balaban J connectivity index is 1.57. The highest BCUT2D eigenvalue weighted by molar-refractivity contribution is 7.13. The second-order valence-electron chi connectivity index (χ2n) is 8.69. The van der Waals surface area contributed by atoms with Crippen LogP contribution in [-0.2, 0) is 13.0 Å². The molecule has 5 rings (SSSR count). The molecule has 190 valence electrons. The van der Waals surface area contributed by atoms with Gasteiger partial charge in [0.15, 0.2) is 11.5 Å². The van der Waals surface area contributed by atoms with Crippen molar-refractivity contribution in [3.8, 4) is 38.8 Å². The molecule has 0 fully saturated rings. The monoisotopic (exact) mass is 515 g/mol. The quantitative estimate of drug-likeness (QED) is 0.265. The average Bonchev–Trinajstić information content (AvgIpc) is 3.63. The second-order valence-corrected chi connectivity index (χ2v) is 9.64. The Morgan fingerprint density at radius 1 is 1.03 bits per heavy atom. The molecule has 4 aromatic rings. The average molecular weight is 516 g/mol. The summed E-state index contributed by atoms with van der Waals surface area (Å²) in [6, 6.07) is 17.6. The first-order chi connectivity index (χ1) is 18.0. The molecule has 1 aliphatic heterocycles. The number of thiophene rings is 1. The maximum atomic E-state index is 13.1. The molecule has 0 bridgehead atoms. The van der Waals surface area contributed by atoms with Gasteiger partial charge in [-0.1, -0.05) is 18.2 Å². The van der Waals surface area contributed by atoms with Gasteiger partial charge in [-0.2, -0.15) is 0 Å². The maximum Gasteiger partial charge on any atom is 0.251 e. The number of benzene rings is 3. The smallest absolute Gasteiger partial charge is 0.251 e. The molecule has 0 saturated carbocycles. The van der Waals surface area contributed by atoms with Gasteiger partial charge in [0.05, 0.1) is 21.3 Å². The predicted molar refractivity (Wildman–Crippen MR) is 149 cm³/mol. The Bertz CT molecular complexity index is 1450. The molecule has 0 atom stereocenters. The molecule has 2 heterocycles. The van der Waals surface area contributed by atoms with Crippen LogP contribution in [-0.4, -0.2) is 33.8 Å². The highest BCUT2D eigenvalue weighted by Gasteiger charge is 2.24. The Morgan fingerprint density at radius 2 is 1.86 bits per heavy atom. The summed E-state index contributed by atoms with van der Waals surface area (Å²) in [6.07, 6.45) is 0.970. The lowest BCUT2D eigenvalue weighted by Crippen LogP contribution is -2.23. The van der Waals surface area contributed by atoms with Crippen LogP contribution in [0.15, 0.2) is 60.0 Å². The third-order valence-corrected chi connectivity index (χ3v) is 7.48. The fourth-order valence-electron chi connectivity index (χ4n) is 4.72. The first kappa shape index (κ1) is 24.5. The van der Waals surface area contributed by atoms with Gasteiger partial charge in [0.25, 0.3) is 5.91 Å². The van der Waals surface area contributed by atoms with E-state index in [9.17, 15) is 4.79 Å². The number of methoxy groups -OCH3 is 3. The van der Waals surface area contributed by atoms with Crippen molar-refractivity contribution in [2.45, 2.75) is 13.0 Å². The summed E-state index contributed by atoms with van der Waals surface area (Å²) in [7, 11) is 4.72. The van der Waals surface area contributed by atoms with E-state index < -0.39 is 0 Å². The van der Waals surface area contributed by atoms with E-state index >= 15 is 0 Å². The topological polar surface area (TPSA) is 94.8 Å². The zero-order valence-electron chi connectivity index (χ0n) is 21.0. The second kappa shape index (κ2) is 10.4. The van der Waals surface area contributed by atoms with Crippen LogP contribution in [0.3, 0.4) is 0 Å². The van der Waals surface area contributed by atoms with Gasteiger partial charge < -0.3 is 30.6 Å². The van der Waals surface area contributed by atoms with Gasteiger partial charge in [-0.15, -0.1) is 11.3 Å². The van der Waals surface area contributed by atoms with Crippen molar-refractivity contribution in [2.75, 3.05) is 38.9 Å². The molecular weight excluding hydrogens is 486 g/mol. The molecule has 1 aromatic heterocycles. The van der Waals surface area contributed by atoms with E-state index in [2.05, 4.69) is 16.7 Å². The van der Waals surface area contributed by atoms with Gasteiger partial charge in [0.1, 0.15) is 0 Å². The number of ether oxygens (including phenoxy) is 3. The summed E-state index contributed by atoms with van der Waals surface area (Å²) in [4.78, 5) is 14.3. The predicted octanol–water partition coefficient (Wildman–Crippen LogP) is 5.59. The van der Waals surface area contributed by atoms with Crippen molar-refractivity contribution < 1.29 is 19.0 Å². The number of hydrogen-bond donors (Lipinski definition) is 3. The van der Waals surface area contributed by atoms with E-state index in [0.717, 1.165) is 45.8 Å². The zero-order chi connectivity index (χ0) is 25.9. The third-order valence-electron chi connectivity index (χ3n) is 6.56. The van der Waals surface area contributed by atoms with Crippen LogP contribution < -0.4 is 30.6 Å². The summed E-state index contributed by atoms with van der Waals surface area (Å²) in [5.41, 5.74) is 13.3. The number of nitrogens with two attached hydrogens (primary N) is 1. The van der Waals surface area contributed by atoms with Crippen LogP contribution in [0.2, 0.25) is 0 Å². The minimum atomic E-state index is -0.170. The molecule has 7 nitrogen and oxygen atoms in total. The minimum Gasteiger partial charge on any atom is -0.493 e. The molecule has 0 spiro atoms. The summed E-state index contributed by atoms with van der Waals surface area (Å²) >= 11 is 1.65. The maximum absolute atomic E-state index is 13.1. The SMILES string of the molecule is COc1cc(CNC(=O)c2ccc3c(c2)NCC3)c(-c2cc(-c3cccs3)ccc2N)c(OC)c1OC. The molecule has 37 heavy (non-hydrogen) atoms. The summed E-state index contributed by atoms with van der Waals surface area (Å²) in [6.45, 7) is 1.12. The zero-order valence-corrected chi connectivity index (χ0v) is 21.8. The van der Waals surface area contributed by atoms with Gasteiger partial charge in [-0.25, -0.2) is 0 Å². The van der Waals surface area contributed by atoms with Crippen molar-refractivity contribution in [1.82, 2.24) is 5.32 Å². The number of carbonyl (C=O) groups is 1. The van der Waals surface area contributed by atoms with Crippen LogP contribution in [0.25, 0.3) is 21.6 Å². The fraction of sp³-hybridized carbons (Fsp3) is 0.207. The fourth-order valence-corrected chi connectivity index (χ4v) is 5.44. The van der Waals surface area contributed by atoms with E-state index in [-0.39, 0.29) is 12.5 Å². The van der Waals surface area contributed by atoms with Crippen molar-refractivity contribution in [2.24, 2.45) is 0 Å². The number of carbonyl (C=O) groups excluding carboxylic acids is 1. The van der Waals surface area contributed by atoms with E-state index in [0.29, 0.717) is 28.5 Å². The van der Waals surface area contributed by atoms with E-state index in [1.165, 1.54) is 5.56 Å². The lowest BCUT2D eigenvalue weighted by atomic mass is 9.94. The third kappa shape index (κ3) is 4.68. The van der Waals surface area contributed by atoms with Gasteiger partial charge in [0.2, 0.25) is 5.75 Å². The minimum absolute atomic E-state index is 0.170. The number of amides is 1. The largest absolute Gasteiger partial charge is 0.493 e. The number of rotatable bonds is 8. The molecule has 0 saturated heterocycles. The molecular formula is C29H29N3O4S. The van der Waals surface area contributed by atoms with Gasteiger partial charge in [-0.05, 0) is 64.9 Å². The molecule has 1 aliphatic rings. The van der Waals surface area contributed by atoms with E-state index in [1.54, 1.807) is 32.7 Å². The van der Waals surface area contributed by atoms with Crippen molar-refractivity contribution in [3.63, 3.8) is 0 Å². The molecule has 8 heteroatoms. The number of anilines is 2. The highest BCUT2D eigenvalue weighted by atomic mass is 32.1. The van der Waals surface area contributed by atoms with Crippen LogP contribution in [0.5, 0.6) is 17.2 Å². The summed E-state index contributed by atoms with van der Waals surface area (Å²) in [5.74, 6) is 1.28. The first-order valence-electron chi connectivity index (χ1n) is 11.9. The van der Waals surface area contributed by atoms with E-state index in [4.69, 9.17) is 19.9 Å². The van der Waals surface area contributed by atoms with Crippen LogP contribution in [0, 0.1) is 0 Å². The number of nitrogens with one attached hydrogen (secondary N) is 2. The Kier molecular flexibility index (Phi) is 6.92. The molecule has 1 amide bonds. The Morgan fingerprint density at radius 3 is 2.59 bits per heavy atom. The molecule has 0 radical (unpaired) electrons. The van der Waals surface area contributed by atoms with Crippen molar-refractivity contribution in [3.05, 3.63) is 76.7 Å². The first-order valence-corrected chi connectivity index (χ1v) is 12.8. The standard InChI is InChI=1S/C29H29N3O4S/c1-34-24-15-20(16-32-29(33)19-7-6-17-10-11-31-23(17)14-19)26(28(36-3)27(24)35-2)21-13-18(8-9-22(21)30)25-5-4-12-37-25/h4-9,12-15,31H,10-11,16,30H2,1-3H3,(H,32,33).